The van der Waals surface area contributed by atoms with Crippen LogP contribution in [0.2, 0.25) is 0 Å². The molecule has 0 aliphatic rings. The highest BCUT2D eigenvalue weighted by Crippen LogP contribution is 2.23. The van der Waals surface area contributed by atoms with Crippen molar-refractivity contribution in [1.82, 2.24) is 15.3 Å². The van der Waals surface area contributed by atoms with E-state index < -0.39 is 5.82 Å². The van der Waals surface area contributed by atoms with Crippen molar-refractivity contribution in [1.29, 1.82) is 0 Å². The smallest absolute Gasteiger partial charge is 0.165 e. The van der Waals surface area contributed by atoms with Gasteiger partial charge in [-0.3, -0.25) is 0 Å². The summed E-state index contributed by atoms with van der Waals surface area (Å²) in [7, 11) is 3.09. The van der Waals surface area contributed by atoms with Gasteiger partial charge in [0.2, 0.25) is 0 Å². The summed E-state index contributed by atoms with van der Waals surface area (Å²) in [6.45, 7) is 2.11. The number of nitrogens with zero attached hydrogens (tertiary/aromatic N) is 2. The number of hydrogen-bond donors (Lipinski definition) is 1. The Balaban J connectivity index is 2.04. The summed E-state index contributed by atoms with van der Waals surface area (Å²) in [5.74, 6) is 0.315. The van der Waals surface area contributed by atoms with E-state index in [4.69, 9.17) is 9.47 Å². The van der Waals surface area contributed by atoms with Crippen molar-refractivity contribution in [3.8, 4) is 17.1 Å². The van der Waals surface area contributed by atoms with Gasteiger partial charge in [0.15, 0.2) is 17.4 Å². The van der Waals surface area contributed by atoms with Crippen LogP contribution in [-0.4, -0.2) is 37.3 Å². The number of hydrogen-bond acceptors (Lipinski definition) is 5. The second-order valence-corrected chi connectivity index (χ2v) is 4.43. The molecule has 112 valence electrons. The Morgan fingerprint density at radius 3 is 2.62 bits per heavy atom. The molecule has 1 heterocycles. The van der Waals surface area contributed by atoms with Gasteiger partial charge in [0.25, 0.3) is 0 Å². The molecule has 5 nitrogen and oxygen atoms in total. The van der Waals surface area contributed by atoms with E-state index in [9.17, 15) is 4.39 Å². The van der Waals surface area contributed by atoms with Crippen LogP contribution in [-0.2, 0) is 11.3 Å². The normalized spacial score (nSPS) is 10.6. The van der Waals surface area contributed by atoms with Crippen LogP contribution in [0.1, 0.15) is 5.56 Å². The molecule has 0 saturated carbocycles. The lowest BCUT2D eigenvalue weighted by Crippen LogP contribution is -2.18. The maximum Gasteiger partial charge on any atom is 0.165 e. The maximum absolute atomic E-state index is 13.4. The van der Waals surface area contributed by atoms with Crippen molar-refractivity contribution >= 4 is 0 Å². The molecule has 2 aromatic rings. The molecule has 0 spiro atoms. The minimum absolute atomic E-state index is 0.182. The first-order valence-electron chi connectivity index (χ1n) is 6.59. The highest BCUT2D eigenvalue weighted by molar-refractivity contribution is 5.57. The average Bonchev–Trinajstić information content (AvgIpc) is 2.53. The maximum atomic E-state index is 13.4. The first-order valence-corrected chi connectivity index (χ1v) is 6.59. The van der Waals surface area contributed by atoms with Crippen LogP contribution in [0.3, 0.4) is 0 Å². The van der Waals surface area contributed by atoms with Crippen LogP contribution in [0.4, 0.5) is 4.39 Å². The Morgan fingerprint density at radius 2 is 1.95 bits per heavy atom. The minimum Gasteiger partial charge on any atom is -0.494 e. The van der Waals surface area contributed by atoms with E-state index in [1.807, 2.05) is 0 Å². The van der Waals surface area contributed by atoms with Gasteiger partial charge in [-0.05, 0) is 18.2 Å². The lowest BCUT2D eigenvalue weighted by atomic mass is 10.2. The molecule has 1 N–H and O–H groups in total. The van der Waals surface area contributed by atoms with Gasteiger partial charge >= 0.3 is 0 Å². The zero-order chi connectivity index (χ0) is 15.1. The third-order valence-corrected chi connectivity index (χ3v) is 2.93. The fourth-order valence-electron chi connectivity index (χ4n) is 1.80. The summed E-state index contributed by atoms with van der Waals surface area (Å²) < 4.78 is 23.3. The van der Waals surface area contributed by atoms with Gasteiger partial charge in [0.1, 0.15) is 0 Å². The zero-order valence-electron chi connectivity index (χ0n) is 12.1. The van der Waals surface area contributed by atoms with Crippen molar-refractivity contribution in [2.75, 3.05) is 27.4 Å². The van der Waals surface area contributed by atoms with Gasteiger partial charge in [-0.2, -0.15) is 0 Å². The summed E-state index contributed by atoms with van der Waals surface area (Å²) in [5.41, 5.74) is 1.69. The van der Waals surface area contributed by atoms with Gasteiger partial charge in [-0.25, -0.2) is 14.4 Å². The van der Waals surface area contributed by atoms with Crippen LogP contribution in [0.25, 0.3) is 11.4 Å². The molecule has 21 heavy (non-hydrogen) atoms. The van der Waals surface area contributed by atoms with Crippen LogP contribution in [0, 0.1) is 5.82 Å². The Kier molecular flexibility index (Phi) is 5.59. The average molecular weight is 291 g/mol. The van der Waals surface area contributed by atoms with E-state index in [0.29, 0.717) is 24.5 Å². The fourth-order valence-corrected chi connectivity index (χ4v) is 1.80. The zero-order valence-corrected chi connectivity index (χ0v) is 12.1. The monoisotopic (exact) mass is 291 g/mol. The first kappa shape index (κ1) is 15.3. The second kappa shape index (κ2) is 7.66. The van der Waals surface area contributed by atoms with Gasteiger partial charge < -0.3 is 14.8 Å². The van der Waals surface area contributed by atoms with Crippen LogP contribution in [0.15, 0.2) is 30.6 Å². The third kappa shape index (κ3) is 4.21. The summed E-state index contributed by atoms with van der Waals surface area (Å²) >= 11 is 0. The first-order chi connectivity index (χ1) is 10.2. The van der Waals surface area contributed by atoms with E-state index in [-0.39, 0.29) is 5.75 Å². The molecule has 1 aromatic carbocycles. The van der Waals surface area contributed by atoms with Crippen molar-refractivity contribution < 1.29 is 13.9 Å². The number of nitrogens with one attached hydrogen (secondary N) is 1. The predicted octanol–water partition coefficient (Wildman–Crippen LogP) is 2.03. The largest absolute Gasteiger partial charge is 0.494 e. The number of halogens is 1. The Labute approximate surface area is 123 Å². The lowest BCUT2D eigenvalue weighted by Gasteiger charge is -2.06. The predicted molar refractivity (Wildman–Crippen MR) is 77.6 cm³/mol. The van der Waals surface area contributed by atoms with Crippen LogP contribution >= 0.6 is 0 Å². The highest BCUT2D eigenvalue weighted by atomic mass is 19.1. The SMILES string of the molecule is COCCNCc1cnc(-c2ccc(F)c(OC)c2)nc1. The highest BCUT2D eigenvalue weighted by Gasteiger charge is 2.07. The summed E-state index contributed by atoms with van der Waals surface area (Å²) in [6.07, 6.45) is 3.50. The standard InChI is InChI=1S/C15H18FN3O2/c1-20-6-5-17-8-11-9-18-15(19-10-11)12-3-4-13(16)14(7-12)21-2/h3-4,7,9-10,17H,5-6,8H2,1-2H3. The van der Waals surface area contributed by atoms with Crippen molar-refractivity contribution in [2.45, 2.75) is 6.54 Å². The fraction of sp³-hybridized carbons (Fsp3) is 0.333. The van der Waals surface area contributed by atoms with E-state index in [1.54, 1.807) is 31.6 Å². The lowest BCUT2D eigenvalue weighted by molar-refractivity contribution is 0.199. The molecule has 0 bridgehead atoms. The number of benzene rings is 1. The molecule has 0 atom stereocenters. The van der Waals surface area contributed by atoms with Crippen LogP contribution < -0.4 is 10.1 Å². The van der Waals surface area contributed by atoms with E-state index >= 15 is 0 Å². The molecule has 2 rings (SSSR count). The topological polar surface area (TPSA) is 56.3 Å². The van der Waals surface area contributed by atoms with Gasteiger partial charge in [0.05, 0.1) is 13.7 Å². The molecule has 0 unspecified atom stereocenters. The molecule has 0 fully saturated rings. The summed E-state index contributed by atoms with van der Waals surface area (Å²) in [5, 5.41) is 3.21. The van der Waals surface area contributed by atoms with Crippen molar-refractivity contribution in [3.05, 3.63) is 42.0 Å². The number of aromatic nitrogens is 2. The summed E-state index contributed by atoms with van der Waals surface area (Å²) in [6, 6.07) is 4.56. The molecular formula is C15H18FN3O2. The second-order valence-electron chi connectivity index (χ2n) is 4.43. The quantitative estimate of drug-likeness (QED) is 0.791. The molecule has 6 heteroatoms. The van der Waals surface area contributed by atoms with Crippen molar-refractivity contribution in [3.63, 3.8) is 0 Å². The number of methoxy groups -OCH3 is 2. The Bertz CT molecular complexity index is 576. The molecule has 0 amide bonds. The summed E-state index contributed by atoms with van der Waals surface area (Å²) in [4.78, 5) is 8.59. The van der Waals surface area contributed by atoms with E-state index in [2.05, 4.69) is 15.3 Å². The van der Waals surface area contributed by atoms with E-state index in [0.717, 1.165) is 12.1 Å². The molecular weight excluding hydrogens is 273 g/mol. The van der Waals surface area contributed by atoms with Gasteiger partial charge in [0, 0.05) is 43.7 Å². The Hall–Kier alpha value is -2.05. The Morgan fingerprint density at radius 1 is 1.19 bits per heavy atom. The molecule has 0 aliphatic carbocycles. The van der Waals surface area contributed by atoms with Gasteiger partial charge in [-0.1, -0.05) is 0 Å². The molecule has 0 saturated heterocycles. The number of ether oxygens (including phenoxy) is 2. The number of rotatable bonds is 7. The van der Waals surface area contributed by atoms with E-state index in [1.165, 1.54) is 13.2 Å². The third-order valence-electron chi connectivity index (χ3n) is 2.93. The van der Waals surface area contributed by atoms with Crippen LogP contribution in [0.5, 0.6) is 5.75 Å². The molecule has 0 radical (unpaired) electrons. The van der Waals surface area contributed by atoms with Gasteiger partial charge in [-0.15, -0.1) is 0 Å². The molecule has 0 aliphatic heterocycles. The van der Waals surface area contributed by atoms with Crippen molar-refractivity contribution in [2.24, 2.45) is 0 Å². The minimum atomic E-state index is -0.403. The molecule has 1 aromatic heterocycles.